The lowest BCUT2D eigenvalue weighted by atomic mass is 10.1. The van der Waals surface area contributed by atoms with Crippen molar-refractivity contribution in [2.75, 3.05) is 14.2 Å². The van der Waals surface area contributed by atoms with Crippen molar-refractivity contribution in [1.29, 1.82) is 0 Å². The summed E-state index contributed by atoms with van der Waals surface area (Å²) < 4.78 is 10.4. The number of ether oxygens (including phenoxy) is 2. The highest BCUT2D eigenvalue weighted by molar-refractivity contribution is 5.30. The molecule has 0 radical (unpaired) electrons. The molecule has 1 N–H and O–H groups in total. The van der Waals surface area contributed by atoms with Gasteiger partial charge in [0.2, 0.25) is 0 Å². The summed E-state index contributed by atoms with van der Waals surface area (Å²) in [5.74, 6) is 0.894. The average molecular weight is 285 g/mol. The normalized spacial score (nSPS) is 12.1. The second kappa shape index (κ2) is 7.81. The molecule has 112 valence electrons. The standard InChI is InChI=1S/C18H23NO2/c1-14(17-5-4-6-18(11-17)21-3)19-12-15-7-9-16(10-8-15)13-20-2/h4-11,14,19H,12-13H2,1-3H3. The topological polar surface area (TPSA) is 30.5 Å². The number of benzene rings is 2. The number of nitrogens with one attached hydrogen (secondary N) is 1. The van der Waals surface area contributed by atoms with Crippen LogP contribution in [0.3, 0.4) is 0 Å². The minimum Gasteiger partial charge on any atom is -0.497 e. The first-order valence-electron chi connectivity index (χ1n) is 7.17. The van der Waals surface area contributed by atoms with E-state index in [0.29, 0.717) is 6.61 Å². The van der Waals surface area contributed by atoms with E-state index in [-0.39, 0.29) is 6.04 Å². The number of hydrogen-bond donors (Lipinski definition) is 1. The minimum atomic E-state index is 0.277. The zero-order valence-electron chi connectivity index (χ0n) is 12.9. The van der Waals surface area contributed by atoms with Crippen LogP contribution in [0.5, 0.6) is 5.75 Å². The van der Waals surface area contributed by atoms with Crippen LogP contribution < -0.4 is 10.1 Å². The molecule has 0 heterocycles. The predicted octanol–water partition coefficient (Wildman–Crippen LogP) is 3.69. The van der Waals surface area contributed by atoms with Gasteiger partial charge in [0.05, 0.1) is 13.7 Å². The van der Waals surface area contributed by atoms with E-state index in [1.807, 2.05) is 12.1 Å². The third-order valence-corrected chi connectivity index (χ3v) is 3.54. The highest BCUT2D eigenvalue weighted by Crippen LogP contribution is 2.19. The lowest BCUT2D eigenvalue weighted by Gasteiger charge is -2.15. The van der Waals surface area contributed by atoms with Gasteiger partial charge in [-0.25, -0.2) is 0 Å². The Hall–Kier alpha value is -1.84. The zero-order valence-corrected chi connectivity index (χ0v) is 12.9. The molecule has 1 unspecified atom stereocenters. The Kier molecular flexibility index (Phi) is 5.78. The first-order chi connectivity index (χ1) is 10.2. The number of hydrogen-bond acceptors (Lipinski definition) is 3. The summed E-state index contributed by atoms with van der Waals surface area (Å²) >= 11 is 0. The summed E-state index contributed by atoms with van der Waals surface area (Å²) in [5.41, 5.74) is 3.69. The van der Waals surface area contributed by atoms with Gasteiger partial charge in [0, 0.05) is 19.7 Å². The molecule has 0 spiro atoms. The van der Waals surface area contributed by atoms with Gasteiger partial charge in [-0.05, 0) is 35.7 Å². The monoisotopic (exact) mass is 285 g/mol. The zero-order chi connectivity index (χ0) is 15.1. The fourth-order valence-corrected chi connectivity index (χ4v) is 2.22. The van der Waals surface area contributed by atoms with Gasteiger partial charge in [-0.15, -0.1) is 0 Å². The van der Waals surface area contributed by atoms with Gasteiger partial charge >= 0.3 is 0 Å². The molecule has 0 aliphatic heterocycles. The van der Waals surface area contributed by atoms with Crippen molar-refractivity contribution in [1.82, 2.24) is 5.32 Å². The van der Waals surface area contributed by atoms with Gasteiger partial charge in [-0.3, -0.25) is 0 Å². The second-order valence-electron chi connectivity index (χ2n) is 5.13. The molecule has 3 heteroatoms. The van der Waals surface area contributed by atoms with Crippen LogP contribution in [0, 0.1) is 0 Å². The Bertz CT molecular complexity index is 551. The van der Waals surface area contributed by atoms with E-state index < -0.39 is 0 Å². The van der Waals surface area contributed by atoms with Crippen molar-refractivity contribution in [2.45, 2.75) is 26.1 Å². The van der Waals surface area contributed by atoms with Gasteiger partial charge in [-0.2, -0.15) is 0 Å². The van der Waals surface area contributed by atoms with Crippen LogP contribution in [0.4, 0.5) is 0 Å². The summed E-state index contributed by atoms with van der Waals surface area (Å²) in [6.45, 7) is 3.66. The lowest BCUT2D eigenvalue weighted by Crippen LogP contribution is -2.18. The van der Waals surface area contributed by atoms with Crippen LogP contribution in [0.15, 0.2) is 48.5 Å². The lowest BCUT2D eigenvalue weighted by molar-refractivity contribution is 0.185. The van der Waals surface area contributed by atoms with E-state index in [0.717, 1.165) is 12.3 Å². The van der Waals surface area contributed by atoms with Gasteiger partial charge in [0.25, 0.3) is 0 Å². The van der Waals surface area contributed by atoms with Crippen molar-refractivity contribution in [3.63, 3.8) is 0 Å². The van der Waals surface area contributed by atoms with E-state index in [1.54, 1.807) is 14.2 Å². The summed E-state index contributed by atoms with van der Waals surface area (Å²) in [5, 5.41) is 3.53. The molecule has 0 saturated heterocycles. The van der Waals surface area contributed by atoms with Gasteiger partial charge in [0.15, 0.2) is 0 Å². The molecule has 1 atom stereocenters. The Morgan fingerprint density at radius 3 is 2.38 bits per heavy atom. The largest absolute Gasteiger partial charge is 0.497 e. The Morgan fingerprint density at radius 1 is 1.00 bits per heavy atom. The van der Waals surface area contributed by atoms with E-state index in [4.69, 9.17) is 9.47 Å². The van der Waals surface area contributed by atoms with Crippen molar-refractivity contribution >= 4 is 0 Å². The maximum Gasteiger partial charge on any atom is 0.119 e. The Labute approximate surface area is 126 Å². The van der Waals surface area contributed by atoms with Crippen LogP contribution in [-0.4, -0.2) is 14.2 Å². The molecule has 2 aromatic carbocycles. The van der Waals surface area contributed by atoms with Crippen molar-refractivity contribution in [2.24, 2.45) is 0 Å². The van der Waals surface area contributed by atoms with E-state index in [2.05, 4.69) is 48.6 Å². The molecule has 0 aliphatic rings. The van der Waals surface area contributed by atoms with Crippen molar-refractivity contribution in [3.8, 4) is 5.75 Å². The van der Waals surface area contributed by atoms with E-state index in [1.165, 1.54) is 16.7 Å². The van der Waals surface area contributed by atoms with Crippen molar-refractivity contribution < 1.29 is 9.47 Å². The maximum atomic E-state index is 5.26. The first kappa shape index (κ1) is 15.5. The molecular weight excluding hydrogens is 262 g/mol. The third-order valence-electron chi connectivity index (χ3n) is 3.54. The highest BCUT2D eigenvalue weighted by Gasteiger charge is 2.06. The summed E-state index contributed by atoms with van der Waals surface area (Å²) in [7, 11) is 3.41. The summed E-state index contributed by atoms with van der Waals surface area (Å²) in [6, 6.07) is 16.9. The molecule has 2 rings (SSSR count). The van der Waals surface area contributed by atoms with Gasteiger partial charge < -0.3 is 14.8 Å². The smallest absolute Gasteiger partial charge is 0.119 e. The fourth-order valence-electron chi connectivity index (χ4n) is 2.22. The summed E-state index contributed by atoms with van der Waals surface area (Å²) in [6.07, 6.45) is 0. The summed E-state index contributed by atoms with van der Waals surface area (Å²) in [4.78, 5) is 0. The Balaban J connectivity index is 1.92. The quantitative estimate of drug-likeness (QED) is 0.841. The molecule has 0 amide bonds. The fraction of sp³-hybridized carbons (Fsp3) is 0.333. The minimum absolute atomic E-state index is 0.277. The SMILES string of the molecule is COCc1ccc(CNC(C)c2cccc(OC)c2)cc1. The predicted molar refractivity (Wildman–Crippen MR) is 85.4 cm³/mol. The van der Waals surface area contributed by atoms with Gasteiger partial charge in [0.1, 0.15) is 5.75 Å². The van der Waals surface area contributed by atoms with Crippen LogP contribution in [0.25, 0.3) is 0 Å². The van der Waals surface area contributed by atoms with Gasteiger partial charge in [-0.1, -0.05) is 36.4 Å². The van der Waals surface area contributed by atoms with Crippen LogP contribution in [-0.2, 0) is 17.9 Å². The maximum absolute atomic E-state index is 5.26. The molecular formula is C18H23NO2. The Morgan fingerprint density at radius 2 is 1.71 bits per heavy atom. The van der Waals surface area contributed by atoms with E-state index >= 15 is 0 Å². The first-order valence-corrected chi connectivity index (χ1v) is 7.17. The molecule has 0 saturated carbocycles. The van der Waals surface area contributed by atoms with E-state index in [9.17, 15) is 0 Å². The number of methoxy groups -OCH3 is 2. The molecule has 3 nitrogen and oxygen atoms in total. The average Bonchev–Trinajstić information content (AvgIpc) is 2.54. The number of rotatable bonds is 7. The third kappa shape index (κ3) is 4.59. The molecule has 0 fully saturated rings. The molecule has 21 heavy (non-hydrogen) atoms. The van der Waals surface area contributed by atoms with Crippen LogP contribution in [0.1, 0.15) is 29.7 Å². The van der Waals surface area contributed by atoms with Crippen molar-refractivity contribution in [3.05, 3.63) is 65.2 Å². The molecule has 2 aromatic rings. The van der Waals surface area contributed by atoms with Crippen LogP contribution >= 0.6 is 0 Å². The molecule has 0 aromatic heterocycles. The highest BCUT2D eigenvalue weighted by atomic mass is 16.5. The second-order valence-corrected chi connectivity index (χ2v) is 5.13. The van der Waals surface area contributed by atoms with Crippen LogP contribution in [0.2, 0.25) is 0 Å². The molecule has 0 aliphatic carbocycles. The molecule has 0 bridgehead atoms.